The van der Waals surface area contributed by atoms with E-state index in [9.17, 15) is 9.59 Å². The molecular formula is C36H58Cl2N2O4. The van der Waals surface area contributed by atoms with Crippen molar-refractivity contribution in [3.63, 3.8) is 0 Å². The SMILES string of the molecule is CCCCOc1ccc(C(=O)C(CCC(CNC(C)(C)C)C(=O)c2ccc(OCCCC)cc2)CNC(C)(C)C)cc1.Cl.Cl. The zero-order valence-corrected chi connectivity index (χ0v) is 29.9. The summed E-state index contributed by atoms with van der Waals surface area (Å²) in [4.78, 5) is 27.5. The molecule has 2 rings (SSSR count). The number of carbonyl (C=O) groups excluding carboxylic acids is 2. The second-order valence-corrected chi connectivity index (χ2v) is 13.4. The maximum Gasteiger partial charge on any atom is 0.167 e. The van der Waals surface area contributed by atoms with E-state index in [1.807, 2.05) is 48.5 Å². The van der Waals surface area contributed by atoms with Gasteiger partial charge in [0.2, 0.25) is 0 Å². The minimum atomic E-state index is -0.254. The van der Waals surface area contributed by atoms with Crippen molar-refractivity contribution in [1.29, 1.82) is 0 Å². The van der Waals surface area contributed by atoms with E-state index in [4.69, 9.17) is 9.47 Å². The fraction of sp³-hybridized carbons (Fsp3) is 0.611. The van der Waals surface area contributed by atoms with E-state index in [-0.39, 0.29) is 59.3 Å². The Morgan fingerprint density at radius 3 is 1.20 bits per heavy atom. The Kier molecular flexibility index (Phi) is 19.8. The molecule has 0 aliphatic rings. The van der Waals surface area contributed by atoms with Crippen molar-refractivity contribution in [1.82, 2.24) is 10.6 Å². The Hall–Kier alpha value is -2.12. The van der Waals surface area contributed by atoms with Crippen LogP contribution in [-0.4, -0.2) is 48.9 Å². The van der Waals surface area contributed by atoms with Gasteiger partial charge in [-0.3, -0.25) is 9.59 Å². The van der Waals surface area contributed by atoms with E-state index in [1.54, 1.807) is 0 Å². The van der Waals surface area contributed by atoms with Gasteiger partial charge < -0.3 is 20.1 Å². The van der Waals surface area contributed by atoms with Crippen LogP contribution in [-0.2, 0) is 0 Å². The number of rotatable bonds is 19. The fourth-order valence-electron chi connectivity index (χ4n) is 4.48. The summed E-state index contributed by atoms with van der Waals surface area (Å²) in [6.45, 7) is 19.3. The van der Waals surface area contributed by atoms with Crippen molar-refractivity contribution in [3.05, 3.63) is 59.7 Å². The number of carbonyl (C=O) groups is 2. The van der Waals surface area contributed by atoms with Gasteiger partial charge >= 0.3 is 0 Å². The molecule has 0 heterocycles. The summed E-state index contributed by atoms with van der Waals surface area (Å²) >= 11 is 0. The molecule has 0 spiro atoms. The molecule has 0 aliphatic carbocycles. The van der Waals surface area contributed by atoms with Crippen LogP contribution in [0.15, 0.2) is 48.5 Å². The van der Waals surface area contributed by atoms with Crippen LogP contribution in [0.4, 0.5) is 0 Å². The highest BCUT2D eigenvalue weighted by Gasteiger charge is 2.27. The molecule has 250 valence electrons. The topological polar surface area (TPSA) is 76.7 Å². The van der Waals surface area contributed by atoms with Crippen LogP contribution in [0, 0.1) is 11.8 Å². The van der Waals surface area contributed by atoms with Crippen LogP contribution < -0.4 is 20.1 Å². The fourth-order valence-corrected chi connectivity index (χ4v) is 4.48. The Morgan fingerprint density at radius 2 is 0.932 bits per heavy atom. The second-order valence-electron chi connectivity index (χ2n) is 13.4. The van der Waals surface area contributed by atoms with Crippen LogP contribution in [0.1, 0.15) is 115 Å². The molecule has 44 heavy (non-hydrogen) atoms. The molecular weight excluding hydrogens is 595 g/mol. The summed E-state index contributed by atoms with van der Waals surface area (Å²) < 4.78 is 11.6. The molecule has 0 fully saturated rings. The molecule has 0 radical (unpaired) electrons. The lowest BCUT2D eigenvalue weighted by atomic mass is 9.85. The van der Waals surface area contributed by atoms with Gasteiger partial charge in [-0.2, -0.15) is 0 Å². The summed E-state index contributed by atoms with van der Waals surface area (Å²) in [5, 5.41) is 7.05. The molecule has 2 aromatic rings. The van der Waals surface area contributed by atoms with Crippen molar-refractivity contribution < 1.29 is 19.1 Å². The number of Topliss-reactive ketones (excluding diaryl/α,β-unsaturated/α-hetero) is 2. The number of benzene rings is 2. The molecule has 8 heteroatoms. The maximum absolute atomic E-state index is 13.8. The predicted molar refractivity (Wildman–Crippen MR) is 189 cm³/mol. The van der Waals surface area contributed by atoms with Gasteiger partial charge in [-0.05, 0) is 116 Å². The Labute approximate surface area is 279 Å². The van der Waals surface area contributed by atoms with Crippen molar-refractivity contribution in [2.45, 2.75) is 105 Å². The van der Waals surface area contributed by atoms with Gasteiger partial charge in [0.25, 0.3) is 0 Å². The van der Waals surface area contributed by atoms with Gasteiger partial charge in [0, 0.05) is 47.1 Å². The molecule has 0 saturated carbocycles. The van der Waals surface area contributed by atoms with Crippen LogP contribution in [0.5, 0.6) is 11.5 Å². The molecule has 2 aromatic carbocycles. The summed E-state index contributed by atoms with van der Waals surface area (Å²) in [6.07, 6.45) is 5.37. The summed E-state index contributed by atoms with van der Waals surface area (Å²) in [5.41, 5.74) is 1.10. The highest BCUT2D eigenvalue weighted by Crippen LogP contribution is 2.24. The smallest absolute Gasteiger partial charge is 0.167 e. The van der Waals surface area contributed by atoms with Crippen LogP contribution in [0.25, 0.3) is 0 Å². The first-order valence-corrected chi connectivity index (χ1v) is 15.9. The molecule has 6 nitrogen and oxygen atoms in total. The van der Waals surface area contributed by atoms with Gasteiger partial charge in [-0.1, -0.05) is 26.7 Å². The van der Waals surface area contributed by atoms with Gasteiger partial charge in [-0.15, -0.1) is 24.8 Å². The zero-order chi connectivity index (χ0) is 31.2. The Balaban J connectivity index is 0.00000924. The average Bonchev–Trinajstić information content (AvgIpc) is 2.94. The minimum Gasteiger partial charge on any atom is -0.494 e. The number of unbranched alkanes of at least 4 members (excludes halogenated alkanes) is 2. The van der Waals surface area contributed by atoms with E-state index in [1.165, 1.54) is 0 Å². The van der Waals surface area contributed by atoms with Gasteiger partial charge in [0.1, 0.15) is 11.5 Å². The quantitative estimate of drug-likeness (QED) is 0.117. The van der Waals surface area contributed by atoms with E-state index < -0.39 is 0 Å². The minimum absolute atomic E-state index is 0. The predicted octanol–water partition coefficient (Wildman–Crippen LogP) is 8.74. The molecule has 2 unspecified atom stereocenters. The van der Waals surface area contributed by atoms with Crippen molar-refractivity contribution in [3.8, 4) is 11.5 Å². The second kappa shape index (κ2) is 20.8. The number of ether oxygens (including phenoxy) is 2. The van der Waals surface area contributed by atoms with Crippen LogP contribution in [0.2, 0.25) is 0 Å². The Morgan fingerprint density at radius 1 is 0.614 bits per heavy atom. The highest BCUT2D eigenvalue weighted by molar-refractivity contribution is 5.99. The van der Waals surface area contributed by atoms with Gasteiger partial charge in [0.15, 0.2) is 11.6 Å². The molecule has 0 saturated heterocycles. The summed E-state index contributed by atoms with van der Waals surface area (Å²) in [5.74, 6) is 1.24. The first-order valence-electron chi connectivity index (χ1n) is 15.9. The number of halogens is 2. The van der Waals surface area contributed by atoms with E-state index >= 15 is 0 Å². The van der Waals surface area contributed by atoms with Crippen LogP contribution >= 0.6 is 24.8 Å². The largest absolute Gasteiger partial charge is 0.494 e. The van der Waals surface area contributed by atoms with Gasteiger partial charge in [0.05, 0.1) is 13.2 Å². The first-order chi connectivity index (χ1) is 19.8. The lowest BCUT2D eigenvalue weighted by Gasteiger charge is -2.28. The van der Waals surface area contributed by atoms with E-state index in [0.717, 1.165) is 37.2 Å². The van der Waals surface area contributed by atoms with E-state index in [0.29, 0.717) is 50.3 Å². The molecule has 2 atom stereocenters. The van der Waals surface area contributed by atoms with Crippen LogP contribution in [0.3, 0.4) is 0 Å². The maximum atomic E-state index is 13.8. The normalized spacial score (nSPS) is 12.8. The third-order valence-corrected chi connectivity index (χ3v) is 7.17. The zero-order valence-electron chi connectivity index (χ0n) is 28.3. The summed E-state index contributed by atoms with van der Waals surface area (Å²) in [7, 11) is 0. The van der Waals surface area contributed by atoms with Crippen molar-refractivity contribution >= 4 is 36.4 Å². The van der Waals surface area contributed by atoms with Crippen molar-refractivity contribution in [2.75, 3.05) is 26.3 Å². The Bertz CT molecular complexity index is 990. The number of nitrogens with one attached hydrogen (secondary N) is 2. The number of hydrogen-bond donors (Lipinski definition) is 2. The molecule has 0 aliphatic heterocycles. The van der Waals surface area contributed by atoms with Gasteiger partial charge in [-0.25, -0.2) is 0 Å². The number of ketones is 2. The highest BCUT2D eigenvalue weighted by atomic mass is 35.5. The van der Waals surface area contributed by atoms with Crippen molar-refractivity contribution in [2.24, 2.45) is 11.8 Å². The third kappa shape index (κ3) is 16.3. The molecule has 0 amide bonds. The lowest BCUT2D eigenvalue weighted by Crippen LogP contribution is -2.42. The standard InChI is InChI=1S/C36H56N2O4.2ClH/c1-9-11-23-41-31-19-15-27(16-20-31)33(39)29(25-37-35(3,4)5)13-14-30(26-38-36(6,7)8)34(40)28-17-21-32(22-18-28)42-24-12-10-2;;/h15-22,29-30,37-38H,9-14,23-26H2,1-8H3;2*1H. The molecule has 0 bridgehead atoms. The monoisotopic (exact) mass is 652 g/mol. The average molecular weight is 654 g/mol. The van der Waals surface area contributed by atoms with E-state index in [2.05, 4.69) is 66.0 Å². The molecule has 2 N–H and O–H groups in total. The third-order valence-electron chi connectivity index (χ3n) is 7.17. The summed E-state index contributed by atoms with van der Waals surface area (Å²) in [6, 6.07) is 15.0. The first kappa shape index (κ1) is 41.9. The molecule has 0 aromatic heterocycles. The lowest BCUT2D eigenvalue weighted by molar-refractivity contribution is 0.0858. The number of hydrogen-bond acceptors (Lipinski definition) is 6.